The minimum absolute atomic E-state index is 0.108. The molecule has 1 aliphatic rings. The van der Waals surface area contributed by atoms with Crippen molar-refractivity contribution in [2.24, 2.45) is 0 Å². The van der Waals surface area contributed by atoms with Gasteiger partial charge in [0.1, 0.15) is 0 Å². The Kier molecular flexibility index (Phi) is 11.4. The van der Waals surface area contributed by atoms with E-state index in [2.05, 4.69) is 43.0 Å². The number of hydrogen-bond acceptors (Lipinski definition) is 7. The fraction of sp³-hybridized carbons (Fsp3) is 0.625. The SMILES string of the molecule is CC(C)c1ccc(CN2CCN(CC(=O)O)CCN(CC(=O)O)CCN(CC(=O)O)CC2)cc1. The first-order chi connectivity index (χ1) is 16.1. The highest BCUT2D eigenvalue weighted by Gasteiger charge is 2.20. The Bertz CT molecular complexity index is 769. The van der Waals surface area contributed by atoms with Crippen molar-refractivity contribution in [2.45, 2.75) is 26.3 Å². The predicted molar refractivity (Wildman–Crippen MR) is 128 cm³/mol. The highest BCUT2D eigenvalue weighted by molar-refractivity contribution is 5.69. The van der Waals surface area contributed by atoms with Gasteiger partial charge >= 0.3 is 17.9 Å². The molecular formula is C24H38N4O6. The average Bonchev–Trinajstić information content (AvgIpc) is 2.74. The number of rotatable bonds is 9. The third kappa shape index (κ3) is 10.6. The zero-order valence-corrected chi connectivity index (χ0v) is 20.2. The third-order valence-corrected chi connectivity index (χ3v) is 6.06. The molecule has 0 saturated carbocycles. The highest BCUT2D eigenvalue weighted by atomic mass is 16.4. The molecule has 34 heavy (non-hydrogen) atoms. The minimum Gasteiger partial charge on any atom is -0.480 e. The first-order valence-corrected chi connectivity index (χ1v) is 11.8. The maximum Gasteiger partial charge on any atom is 0.317 e. The number of aliphatic carboxylic acids is 3. The number of carboxylic acids is 3. The largest absolute Gasteiger partial charge is 0.480 e. The lowest BCUT2D eigenvalue weighted by atomic mass is 10.0. The van der Waals surface area contributed by atoms with Crippen molar-refractivity contribution >= 4 is 17.9 Å². The molecule has 190 valence electrons. The van der Waals surface area contributed by atoms with Crippen molar-refractivity contribution in [3.63, 3.8) is 0 Å². The van der Waals surface area contributed by atoms with E-state index >= 15 is 0 Å². The Labute approximate surface area is 201 Å². The molecule has 0 aliphatic carbocycles. The van der Waals surface area contributed by atoms with Crippen LogP contribution >= 0.6 is 0 Å². The first kappa shape index (κ1) is 27.7. The van der Waals surface area contributed by atoms with Gasteiger partial charge in [-0.1, -0.05) is 38.1 Å². The Morgan fingerprint density at radius 3 is 1.26 bits per heavy atom. The van der Waals surface area contributed by atoms with Crippen molar-refractivity contribution < 1.29 is 29.7 Å². The molecule has 10 heteroatoms. The second-order valence-corrected chi connectivity index (χ2v) is 9.18. The molecule has 0 aromatic heterocycles. The van der Waals surface area contributed by atoms with Gasteiger partial charge in [-0.25, -0.2) is 0 Å². The molecule has 1 aromatic rings. The van der Waals surface area contributed by atoms with Crippen LogP contribution in [0.2, 0.25) is 0 Å². The van der Waals surface area contributed by atoms with Crippen LogP contribution in [-0.4, -0.2) is 125 Å². The van der Waals surface area contributed by atoms with E-state index in [4.69, 9.17) is 0 Å². The second-order valence-electron chi connectivity index (χ2n) is 9.18. The molecule has 1 heterocycles. The van der Waals surface area contributed by atoms with E-state index in [1.807, 2.05) is 9.80 Å². The fourth-order valence-electron chi connectivity index (χ4n) is 4.05. The molecule has 0 amide bonds. The fourth-order valence-corrected chi connectivity index (χ4v) is 4.05. The van der Waals surface area contributed by atoms with Gasteiger partial charge in [-0.3, -0.25) is 34.0 Å². The van der Waals surface area contributed by atoms with Gasteiger partial charge in [-0.2, -0.15) is 0 Å². The van der Waals surface area contributed by atoms with Crippen LogP contribution in [0.4, 0.5) is 0 Å². The summed E-state index contributed by atoms with van der Waals surface area (Å²) in [4.78, 5) is 41.7. The van der Waals surface area contributed by atoms with E-state index in [0.29, 0.717) is 64.8 Å². The van der Waals surface area contributed by atoms with Gasteiger partial charge in [0.15, 0.2) is 0 Å². The average molecular weight is 479 g/mol. The topological polar surface area (TPSA) is 125 Å². The number of benzene rings is 1. The quantitative estimate of drug-likeness (QED) is 0.469. The van der Waals surface area contributed by atoms with Crippen LogP contribution in [0.5, 0.6) is 0 Å². The molecule has 1 saturated heterocycles. The molecule has 1 aliphatic heterocycles. The van der Waals surface area contributed by atoms with Crippen molar-refractivity contribution in [3.05, 3.63) is 35.4 Å². The van der Waals surface area contributed by atoms with Gasteiger partial charge in [0.2, 0.25) is 0 Å². The molecule has 0 radical (unpaired) electrons. The van der Waals surface area contributed by atoms with E-state index in [1.54, 1.807) is 4.90 Å². The number of carboxylic acid groups (broad SMARTS) is 3. The van der Waals surface area contributed by atoms with E-state index in [9.17, 15) is 29.7 Å². The van der Waals surface area contributed by atoms with Gasteiger partial charge in [0.05, 0.1) is 19.6 Å². The van der Waals surface area contributed by atoms with E-state index < -0.39 is 17.9 Å². The predicted octanol–water partition coefficient (Wildman–Crippen LogP) is 0.785. The Morgan fingerprint density at radius 2 is 0.971 bits per heavy atom. The van der Waals surface area contributed by atoms with Crippen molar-refractivity contribution in [3.8, 4) is 0 Å². The molecule has 2 rings (SSSR count). The first-order valence-electron chi connectivity index (χ1n) is 11.8. The molecule has 0 unspecified atom stereocenters. The van der Waals surface area contributed by atoms with Crippen LogP contribution < -0.4 is 0 Å². The summed E-state index contributed by atoms with van der Waals surface area (Å²) in [6.45, 7) is 8.55. The molecule has 0 spiro atoms. The zero-order chi connectivity index (χ0) is 25.1. The Morgan fingerprint density at radius 1 is 0.647 bits per heavy atom. The van der Waals surface area contributed by atoms with Crippen molar-refractivity contribution in [1.82, 2.24) is 19.6 Å². The zero-order valence-electron chi connectivity index (χ0n) is 20.2. The van der Waals surface area contributed by atoms with Crippen LogP contribution in [0, 0.1) is 0 Å². The normalized spacial score (nSPS) is 18.3. The lowest BCUT2D eigenvalue weighted by Crippen LogP contribution is -2.48. The monoisotopic (exact) mass is 478 g/mol. The number of nitrogens with zero attached hydrogens (tertiary/aromatic N) is 4. The summed E-state index contributed by atoms with van der Waals surface area (Å²) in [5.41, 5.74) is 2.42. The van der Waals surface area contributed by atoms with Gasteiger partial charge in [-0.05, 0) is 17.0 Å². The van der Waals surface area contributed by atoms with Gasteiger partial charge < -0.3 is 15.3 Å². The maximum absolute atomic E-state index is 11.4. The molecule has 10 nitrogen and oxygen atoms in total. The van der Waals surface area contributed by atoms with Gasteiger partial charge in [0, 0.05) is 58.9 Å². The Hall–Kier alpha value is -2.53. The lowest BCUT2D eigenvalue weighted by molar-refractivity contribution is -0.140. The van der Waals surface area contributed by atoms with Crippen LogP contribution in [-0.2, 0) is 20.9 Å². The lowest BCUT2D eigenvalue weighted by Gasteiger charge is -2.33. The smallest absolute Gasteiger partial charge is 0.317 e. The summed E-state index contributed by atoms with van der Waals surface area (Å²) >= 11 is 0. The summed E-state index contributed by atoms with van der Waals surface area (Å²) < 4.78 is 0. The van der Waals surface area contributed by atoms with Crippen LogP contribution in [0.1, 0.15) is 30.9 Å². The van der Waals surface area contributed by atoms with Crippen LogP contribution in [0.25, 0.3) is 0 Å². The summed E-state index contributed by atoms with van der Waals surface area (Å²) in [5, 5.41) is 27.9. The summed E-state index contributed by atoms with van der Waals surface area (Å²) in [7, 11) is 0. The summed E-state index contributed by atoms with van der Waals surface area (Å²) in [6, 6.07) is 8.47. The van der Waals surface area contributed by atoms with E-state index in [1.165, 1.54) is 5.56 Å². The number of carbonyl (C=O) groups is 3. The Balaban J connectivity index is 2.16. The molecular weight excluding hydrogens is 440 g/mol. The minimum atomic E-state index is -0.962. The summed E-state index contributed by atoms with van der Waals surface area (Å²) in [6.07, 6.45) is 0. The molecule has 1 fully saturated rings. The van der Waals surface area contributed by atoms with Crippen LogP contribution in [0.15, 0.2) is 24.3 Å². The van der Waals surface area contributed by atoms with Crippen molar-refractivity contribution in [1.29, 1.82) is 0 Å². The molecule has 0 atom stereocenters. The molecule has 1 aromatic carbocycles. The van der Waals surface area contributed by atoms with E-state index in [0.717, 1.165) is 5.56 Å². The van der Waals surface area contributed by atoms with Crippen LogP contribution in [0.3, 0.4) is 0 Å². The molecule has 3 N–H and O–H groups in total. The van der Waals surface area contributed by atoms with Crippen molar-refractivity contribution in [2.75, 3.05) is 72.0 Å². The highest BCUT2D eigenvalue weighted by Crippen LogP contribution is 2.16. The van der Waals surface area contributed by atoms with E-state index in [-0.39, 0.29) is 19.6 Å². The number of hydrogen-bond donors (Lipinski definition) is 3. The second kappa shape index (κ2) is 14.0. The molecule has 0 bridgehead atoms. The maximum atomic E-state index is 11.4. The summed E-state index contributed by atoms with van der Waals surface area (Å²) in [5.74, 6) is -2.34. The van der Waals surface area contributed by atoms with Gasteiger partial charge in [-0.15, -0.1) is 0 Å². The standard InChI is InChI=1S/C24H38N4O6/c1-19(2)21-5-3-20(4-6-21)15-25-7-9-26(16-22(29)30)11-13-28(18-24(33)34)14-12-27(10-8-25)17-23(31)32/h3-6,19H,7-18H2,1-2H3,(H,29,30)(H,31,32)(H,33,34). The van der Waals surface area contributed by atoms with Gasteiger partial charge in [0.25, 0.3) is 0 Å². The third-order valence-electron chi connectivity index (χ3n) is 6.06.